The lowest BCUT2D eigenvalue weighted by atomic mass is 9.94. The molecule has 0 aliphatic carbocycles. The Balaban J connectivity index is 1.76. The monoisotopic (exact) mass is 436 g/mol. The molecule has 4 rings (SSSR count). The molecule has 160 valence electrons. The predicted molar refractivity (Wildman–Crippen MR) is 123 cm³/mol. The van der Waals surface area contributed by atoms with E-state index in [4.69, 9.17) is 16.7 Å². The number of rotatable bonds is 7. The molecule has 0 radical (unpaired) electrons. The van der Waals surface area contributed by atoms with Crippen molar-refractivity contribution in [2.45, 2.75) is 39.2 Å². The maximum Gasteiger partial charge on any atom is 0.258 e. The first kappa shape index (κ1) is 21.2. The molecule has 1 aliphatic rings. The highest BCUT2D eigenvalue weighted by atomic mass is 32.1. The smallest absolute Gasteiger partial charge is 0.258 e. The number of halogens is 1. The van der Waals surface area contributed by atoms with Gasteiger partial charge in [-0.05, 0) is 43.3 Å². The summed E-state index contributed by atoms with van der Waals surface area (Å²) in [4.78, 5) is 6.77. The van der Waals surface area contributed by atoms with Gasteiger partial charge in [0, 0.05) is 17.8 Å². The fourth-order valence-corrected chi connectivity index (χ4v) is 4.14. The van der Waals surface area contributed by atoms with Crippen LogP contribution in [-0.4, -0.2) is 26.7 Å². The van der Waals surface area contributed by atoms with Crippen LogP contribution in [0, 0.1) is 5.82 Å². The SMILES string of the molecule is CCCCCN1C(=S)NC(c2ccc(F)cc2)C(c2nc(-c3ccccc3)no2)=C1C. The highest BCUT2D eigenvalue weighted by Gasteiger charge is 2.33. The summed E-state index contributed by atoms with van der Waals surface area (Å²) in [5.41, 5.74) is 3.59. The minimum absolute atomic E-state index is 0.283. The second-order valence-electron chi connectivity index (χ2n) is 7.58. The van der Waals surface area contributed by atoms with Crippen molar-refractivity contribution in [3.05, 3.63) is 77.6 Å². The minimum atomic E-state index is -0.306. The Hall–Kier alpha value is -3.06. The van der Waals surface area contributed by atoms with Crippen LogP contribution in [0.25, 0.3) is 17.0 Å². The van der Waals surface area contributed by atoms with Gasteiger partial charge in [-0.15, -0.1) is 0 Å². The van der Waals surface area contributed by atoms with E-state index in [0.717, 1.165) is 48.2 Å². The van der Waals surface area contributed by atoms with Gasteiger partial charge in [0.2, 0.25) is 5.82 Å². The molecular weight excluding hydrogens is 411 g/mol. The van der Waals surface area contributed by atoms with E-state index in [1.807, 2.05) is 37.3 Å². The van der Waals surface area contributed by atoms with Crippen LogP contribution in [-0.2, 0) is 0 Å². The van der Waals surface area contributed by atoms with E-state index in [1.165, 1.54) is 12.1 Å². The fourth-order valence-electron chi connectivity index (χ4n) is 3.79. The zero-order valence-electron chi connectivity index (χ0n) is 17.6. The second kappa shape index (κ2) is 9.39. The van der Waals surface area contributed by atoms with Crippen LogP contribution in [0.5, 0.6) is 0 Å². The first-order valence-electron chi connectivity index (χ1n) is 10.5. The topological polar surface area (TPSA) is 54.2 Å². The van der Waals surface area contributed by atoms with Crippen LogP contribution in [0.1, 0.15) is 50.6 Å². The van der Waals surface area contributed by atoms with Gasteiger partial charge in [-0.3, -0.25) is 0 Å². The summed E-state index contributed by atoms with van der Waals surface area (Å²) >= 11 is 5.68. The summed E-state index contributed by atoms with van der Waals surface area (Å²) in [7, 11) is 0. The average molecular weight is 437 g/mol. The second-order valence-corrected chi connectivity index (χ2v) is 7.97. The number of allylic oxidation sites excluding steroid dienone is 1. The third-order valence-electron chi connectivity index (χ3n) is 5.47. The van der Waals surface area contributed by atoms with Gasteiger partial charge < -0.3 is 14.7 Å². The Morgan fingerprint density at radius 1 is 1.10 bits per heavy atom. The maximum absolute atomic E-state index is 13.5. The lowest BCUT2D eigenvalue weighted by molar-refractivity contribution is 0.395. The third kappa shape index (κ3) is 4.51. The van der Waals surface area contributed by atoms with Gasteiger partial charge in [-0.2, -0.15) is 4.98 Å². The molecule has 1 unspecified atom stereocenters. The lowest BCUT2D eigenvalue weighted by Gasteiger charge is -2.37. The van der Waals surface area contributed by atoms with Crippen molar-refractivity contribution in [2.24, 2.45) is 0 Å². The van der Waals surface area contributed by atoms with Gasteiger partial charge in [0.1, 0.15) is 5.82 Å². The number of nitrogens with zero attached hydrogens (tertiary/aromatic N) is 3. The van der Waals surface area contributed by atoms with Gasteiger partial charge in [0.25, 0.3) is 5.89 Å². The number of hydrogen-bond acceptors (Lipinski definition) is 4. The quantitative estimate of drug-likeness (QED) is 0.377. The molecule has 1 N–H and O–H groups in total. The lowest BCUT2D eigenvalue weighted by Crippen LogP contribution is -2.46. The van der Waals surface area contributed by atoms with Gasteiger partial charge >= 0.3 is 0 Å². The summed E-state index contributed by atoms with van der Waals surface area (Å²) in [5, 5.41) is 8.25. The molecule has 7 heteroatoms. The van der Waals surface area contributed by atoms with Crippen LogP contribution in [0.15, 0.2) is 64.8 Å². The van der Waals surface area contributed by atoms with Crippen molar-refractivity contribution >= 4 is 22.9 Å². The molecule has 3 aromatic rings. The van der Waals surface area contributed by atoms with Crippen LogP contribution in [0.3, 0.4) is 0 Å². The normalized spacial score (nSPS) is 16.5. The van der Waals surface area contributed by atoms with Gasteiger partial charge in [0.05, 0.1) is 11.6 Å². The van der Waals surface area contributed by atoms with Crippen LogP contribution in [0.2, 0.25) is 0 Å². The highest BCUT2D eigenvalue weighted by Crippen LogP contribution is 2.37. The number of nitrogens with one attached hydrogen (secondary N) is 1. The molecular formula is C24H25FN4OS. The molecule has 0 saturated heterocycles. The molecule has 1 aliphatic heterocycles. The van der Waals surface area contributed by atoms with E-state index in [1.54, 1.807) is 12.1 Å². The van der Waals surface area contributed by atoms with E-state index >= 15 is 0 Å². The van der Waals surface area contributed by atoms with Crippen LogP contribution in [0.4, 0.5) is 4.39 Å². The molecule has 31 heavy (non-hydrogen) atoms. The fraction of sp³-hybridized carbons (Fsp3) is 0.292. The highest BCUT2D eigenvalue weighted by molar-refractivity contribution is 7.80. The van der Waals surface area contributed by atoms with Crippen molar-refractivity contribution in [2.75, 3.05) is 6.54 Å². The molecule has 0 bridgehead atoms. The molecule has 2 heterocycles. The Morgan fingerprint density at radius 2 is 1.84 bits per heavy atom. The number of unbranched alkanes of at least 4 members (excludes halogenated alkanes) is 2. The first-order valence-corrected chi connectivity index (χ1v) is 10.9. The van der Waals surface area contributed by atoms with E-state index in [-0.39, 0.29) is 11.9 Å². The molecule has 0 fully saturated rings. The van der Waals surface area contributed by atoms with E-state index < -0.39 is 0 Å². The molecule has 0 saturated carbocycles. The van der Waals surface area contributed by atoms with Crippen LogP contribution >= 0.6 is 12.2 Å². The van der Waals surface area contributed by atoms with Crippen molar-refractivity contribution in [3.8, 4) is 11.4 Å². The third-order valence-corrected chi connectivity index (χ3v) is 5.81. The van der Waals surface area contributed by atoms with Gasteiger partial charge in [0.15, 0.2) is 5.11 Å². The standard InChI is InChI=1S/C24H25FN4OS/c1-3-4-8-15-29-16(2)20(21(26-24(29)31)17-11-13-19(25)14-12-17)23-27-22(28-30-23)18-9-6-5-7-10-18/h5-7,9-14,21H,3-4,8,15H2,1-2H3,(H,26,31). The molecule has 5 nitrogen and oxygen atoms in total. The maximum atomic E-state index is 13.5. The zero-order valence-corrected chi connectivity index (χ0v) is 18.5. The Morgan fingerprint density at radius 3 is 2.55 bits per heavy atom. The van der Waals surface area contributed by atoms with Crippen molar-refractivity contribution < 1.29 is 8.91 Å². The number of benzene rings is 2. The Bertz CT molecular complexity index is 1080. The first-order chi connectivity index (χ1) is 15.1. The summed E-state index contributed by atoms with van der Waals surface area (Å²) in [6.45, 7) is 5.01. The largest absolute Gasteiger partial charge is 0.351 e. The minimum Gasteiger partial charge on any atom is -0.351 e. The molecule has 2 aromatic carbocycles. The van der Waals surface area contributed by atoms with E-state index in [9.17, 15) is 4.39 Å². The van der Waals surface area contributed by atoms with Crippen molar-refractivity contribution in [1.29, 1.82) is 0 Å². The predicted octanol–water partition coefficient (Wildman–Crippen LogP) is 5.73. The molecule has 1 atom stereocenters. The van der Waals surface area contributed by atoms with Gasteiger partial charge in [-0.1, -0.05) is 67.4 Å². The van der Waals surface area contributed by atoms with Crippen molar-refractivity contribution in [3.63, 3.8) is 0 Å². The summed E-state index contributed by atoms with van der Waals surface area (Å²) < 4.78 is 19.3. The van der Waals surface area contributed by atoms with Crippen LogP contribution < -0.4 is 5.32 Å². The molecule has 0 amide bonds. The molecule has 0 spiro atoms. The summed E-state index contributed by atoms with van der Waals surface area (Å²) in [5.74, 6) is 0.676. The van der Waals surface area contributed by atoms with E-state index in [2.05, 4.69) is 27.3 Å². The average Bonchev–Trinajstić information content (AvgIpc) is 3.26. The van der Waals surface area contributed by atoms with Gasteiger partial charge in [-0.25, -0.2) is 4.39 Å². The number of aromatic nitrogens is 2. The Labute approximate surface area is 187 Å². The van der Waals surface area contributed by atoms with Crippen molar-refractivity contribution in [1.82, 2.24) is 20.4 Å². The molecule has 1 aromatic heterocycles. The summed E-state index contributed by atoms with van der Waals surface area (Å²) in [6, 6.07) is 15.8. The zero-order chi connectivity index (χ0) is 21.8. The number of hydrogen-bond donors (Lipinski definition) is 1. The van der Waals surface area contributed by atoms with E-state index in [0.29, 0.717) is 16.8 Å². The summed E-state index contributed by atoms with van der Waals surface area (Å²) in [6.07, 6.45) is 3.29. The number of thiocarbonyl (C=S) groups is 1. The Kier molecular flexibility index (Phi) is 6.42.